The zero-order valence-corrected chi connectivity index (χ0v) is 63.4. The quantitative estimate of drug-likeness (QED) is 0.158. The van der Waals surface area contributed by atoms with Crippen molar-refractivity contribution >= 4 is 20.2 Å². The molecule has 0 unspecified atom stereocenters. The largest absolute Gasteiger partial charge is 3.00 e. The van der Waals surface area contributed by atoms with Crippen LogP contribution >= 0.6 is 0 Å². The minimum absolute atomic E-state index is 0. The zero-order valence-electron chi connectivity index (χ0n) is 61.0. The van der Waals surface area contributed by atoms with E-state index >= 15 is 0 Å². The van der Waals surface area contributed by atoms with Crippen molar-refractivity contribution in [1.29, 1.82) is 0 Å². The minimum atomic E-state index is -0.00939. The summed E-state index contributed by atoms with van der Waals surface area (Å²) in [5.41, 5.74) is 15.6. The number of benzene rings is 3. The maximum atomic E-state index is 4.26. The Kier molecular flexibility index (Phi) is 21.2. The molecule has 3 heterocycles. The van der Waals surface area contributed by atoms with Gasteiger partial charge in [0.15, 0.2) is 0 Å². The third-order valence-electron chi connectivity index (χ3n) is 17.0. The van der Waals surface area contributed by atoms with Crippen molar-refractivity contribution in [2.45, 2.75) is 236 Å². The smallest absolute Gasteiger partial charge is 0.268 e. The van der Waals surface area contributed by atoms with Crippen LogP contribution < -0.4 is 29.8 Å². The molecule has 0 aromatic heterocycles. The molecule has 0 saturated heterocycles. The molecule has 0 bridgehead atoms. The molecular formula is C84H111IrN6. The Labute approximate surface area is 565 Å². The average molecular weight is 1400 g/mol. The second kappa shape index (κ2) is 26.3. The van der Waals surface area contributed by atoms with Gasteiger partial charge in [-0.1, -0.05) is 269 Å². The van der Waals surface area contributed by atoms with Crippen LogP contribution in [0, 0.1) is 37.5 Å². The van der Waals surface area contributed by atoms with Crippen LogP contribution in [-0.4, -0.2) is 33.9 Å². The zero-order chi connectivity index (χ0) is 67.4. The monoisotopic (exact) mass is 1400 g/mol. The first-order valence-electron chi connectivity index (χ1n) is 32.5. The van der Waals surface area contributed by atoms with Crippen LogP contribution in [0.25, 0.3) is 0 Å². The number of hydrogen-bond acceptors (Lipinski definition) is 0. The fourth-order valence-electron chi connectivity index (χ4n) is 11.7. The molecule has 3 aromatic rings. The van der Waals surface area contributed by atoms with Gasteiger partial charge in [-0.3, -0.25) is 18.2 Å². The first-order valence-corrected chi connectivity index (χ1v) is 32.5. The molecule has 0 spiro atoms. The summed E-state index contributed by atoms with van der Waals surface area (Å²) >= 11 is 0. The van der Waals surface area contributed by atoms with Gasteiger partial charge in [-0.25, -0.2) is 87.7 Å². The van der Waals surface area contributed by atoms with E-state index in [4.69, 9.17) is 0 Å². The predicted molar refractivity (Wildman–Crippen MR) is 385 cm³/mol. The predicted octanol–water partition coefficient (Wildman–Crippen LogP) is 16.8. The van der Waals surface area contributed by atoms with E-state index in [-0.39, 0.29) is 68.8 Å². The number of allylic oxidation sites excluding steroid dienone is 15. The van der Waals surface area contributed by atoms with Crippen LogP contribution in [0.1, 0.15) is 237 Å². The molecule has 0 radical (unpaired) electrons. The Morgan fingerprint density at radius 1 is 0.308 bits per heavy atom. The second-order valence-corrected chi connectivity index (χ2v) is 34.2. The van der Waals surface area contributed by atoms with Gasteiger partial charge in [0.25, 0.3) is 17.5 Å². The van der Waals surface area contributed by atoms with Gasteiger partial charge in [0.05, 0.1) is 16.1 Å². The molecule has 3 aliphatic carbocycles. The molecule has 91 heavy (non-hydrogen) atoms. The fourth-order valence-corrected chi connectivity index (χ4v) is 11.7. The average Bonchev–Trinajstić information content (AvgIpc) is 1.75. The second-order valence-electron chi connectivity index (χ2n) is 34.2. The Morgan fingerprint density at radius 3 is 0.637 bits per heavy atom. The van der Waals surface area contributed by atoms with Gasteiger partial charge in [-0.05, 0) is 0 Å². The maximum absolute atomic E-state index is 4.26. The van der Waals surface area contributed by atoms with E-state index in [1.165, 1.54) is 66.1 Å². The topological polar surface area (TPSA) is 18.1 Å². The maximum Gasteiger partial charge on any atom is 3.00 e. The van der Waals surface area contributed by atoms with Crippen LogP contribution in [0.4, 0.5) is 0 Å². The Bertz CT molecular complexity index is 3490. The number of nitrogens with zero attached hydrogens (tertiary/aromatic N) is 6. The first kappa shape index (κ1) is 73.3. The minimum Gasteiger partial charge on any atom is -0.268 e. The van der Waals surface area contributed by atoms with Gasteiger partial charge in [-0.2, -0.15) is 50.1 Å². The molecule has 0 amide bonds. The summed E-state index contributed by atoms with van der Waals surface area (Å²) in [6.45, 7) is 75.0. The first-order chi connectivity index (χ1) is 41.1. The summed E-state index contributed by atoms with van der Waals surface area (Å²) in [5, 5.41) is 3.79. The van der Waals surface area contributed by atoms with E-state index in [1.807, 2.05) is 68.8 Å². The summed E-state index contributed by atoms with van der Waals surface area (Å²) in [5.74, 6) is 3.11. The summed E-state index contributed by atoms with van der Waals surface area (Å²) < 4.78 is 12.8. The van der Waals surface area contributed by atoms with Crippen molar-refractivity contribution in [2.75, 3.05) is 0 Å². The molecule has 7 heteroatoms. The van der Waals surface area contributed by atoms with E-state index in [1.54, 1.807) is 0 Å². The normalized spacial score (nSPS) is 19.4. The van der Waals surface area contributed by atoms with E-state index < -0.39 is 0 Å². The van der Waals surface area contributed by atoms with Crippen molar-refractivity contribution in [1.82, 2.24) is 13.7 Å². The molecule has 0 atom stereocenters. The SMILES string of the molecule is C=[N+]1C=C[N+](=c2c(C(C)(C)C)c[c-](C(C)(C)C)cc2C(C)(C)C)/C1=C1/[C-]=CC=C[CH-]1.C=[N+]1C=C[N+](=c2c(C(C)(C)C)c[c-](C(C)(C)C)cc2C(C)(C)C)/C1=C1/[C-]=CC=C[CH-]1.C=[N+]1C=C[N+](=c2c(C(C)(C)C)c[c-](C(C)(C)C)cc2C(C)(C)C)/C1=C1/[C-]=CC=C[CH-]1.[Ir+3]. The van der Waals surface area contributed by atoms with Crippen molar-refractivity contribution in [2.24, 2.45) is 0 Å². The molecule has 0 fully saturated rings. The Balaban J connectivity index is 0.000000216. The molecule has 486 valence electrons. The number of rotatable bonds is 0. The van der Waals surface area contributed by atoms with Gasteiger partial charge in [0.2, 0.25) is 37.2 Å². The summed E-state index contributed by atoms with van der Waals surface area (Å²) in [6.07, 6.45) is 47.1. The molecule has 9 rings (SSSR count). The van der Waals surface area contributed by atoms with Gasteiger partial charge in [0.1, 0.15) is 20.2 Å². The standard InChI is InChI=1S/3C28H37N2.Ir/c3*1-26(2,3)21-18-22(27(4,5)6)24(23(19-21)28(7,8)9)30-17-16-29(10)25(30)20-14-12-11-13-15-20;/h3*11-14,16-19H,10H2,1-9H3;/q3*-1;+3/b3*25-20+;. The summed E-state index contributed by atoms with van der Waals surface area (Å²) in [6, 6.07) is 14.5. The van der Waals surface area contributed by atoms with Gasteiger partial charge < -0.3 is 0 Å². The third kappa shape index (κ3) is 16.5. The van der Waals surface area contributed by atoms with Crippen molar-refractivity contribution in [3.63, 3.8) is 0 Å². The van der Waals surface area contributed by atoms with Crippen LogP contribution in [0.5, 0.6) is 0 Å². The molecule has 3 aliphatic heterocycles. The van der Waals surface area contributed by atoms with E-state index in [9.17, 15) is 0 Å². The fraction of sp³-hybridized carbons (Fsp3) is 0.429. The molecule has 6 aliphatic rings. The van der Waals surface area contributed by atoms with Gasteiger partial charge in [-0.15, -0.1) is 33.4 Å². The van der Waals surface area contributed by atoms with E-state index in [0.717, 1.165) is 34.2 Å². The van der Waals surface area contributed by atoms with Crippen molar-refractivity contribution in [3.8, 4) is 0 Å². The van der Waals surface area contributed by atoms with Crippen LogP contribution in [0.15, 0.2) is 162 Å². The van der Waals surface area contributed by atoms with Crippen LogP contribution in [0.2, 0.25) is 0 Å². The summed E-state index contributed by atoms with van der Waals surface area (Å²) in [4.78, 5) is 0. The Morgan fingerprint density at radius 2 is 0.495 bits per heavy atom. The van der Waals surface area contributed by atoms with Gasteiger partial charge in [0, 0.05) is 0 Å². The van der Waals surface area contributed by atoms with Crippen molar-refractivity contribution in [3.05, 3.63) is 266 Å². The van der Waals surface area contributed by atoms with Crippen LogP contribution in [-0.2, 0) is 68.8 Å². The van der Waals surface area contributed by atoms with Crippen LogP contribution in [0.3, 0.4) is 0 Å². The number of hydrogen-bond donors (Lipinski definition) is 0. The summed E-state index contributed by atoms with van der Waals surface area (Å²) in [7, 11) is 0. The van der Waals surface area contributed by atoms with Gasteiger partial charge >= 0.3 is 20.1 Å². The molecule has 3 aromatic carbocycles. The Hall–Kier alpha value is -6.79. The molecule has 0 saturated carbocycles. The van der Waals surface area contributed by atoms with E-state index in [2.05, 4.69) is 332 Å². The van der Waals surface area contributed by atoms with Crippen molar-refractivity contribution < 1.29 is 33.8 Å². The third-order valence-corrected chi connectivity index (χ3v) is 17.0. The molecule has 0 N–H and O–H groups in total. The molecule has 6 nitrogen and oxygen atoms in total. The van der Waals surface area contributed by atoms with E-state index in [0.29, 0.717) is 0 Å². The molecular weight excluding hydrogens is 1290 g/mol.